The van der Waals surface area contributed by atoms with Gasteiger partial charge in [-0.1, -0.05) is 0 Å². The van der Waals surface area contributed by atoms with Crippen LogP contribution in [0.25, 0.3) is 34.2 Å². The predicted molar refractivity (Wildman–Crippen MR) is 169 cm³/mol. The molecule has 0 amide bonds. The van der Waals surface area contributed by atoms with Crippen molar-refractivity contribution in [2.24, 2.45) is 0 Å². The number of hydrogen-bond acceptors (Lipinski definition) is 12. The van der Waals surface area contributed by atoms with Gasteiger partial charge in [-0.15, -0.1) is 0 Å². The van der Waals surface area contributed by atoms with Crippen LogP contribution in [0.5, 0.6) is 0 Å². The Bertz CT molecular complexity index is 1440. The molecule has 6 aromatic rings. The average molecular weight is 660 g/mol. The topological polar surface area (TPSA) is 233 Å². The Labute approximate surface area is 261 Å². The van der Waals surface area contributed by atoms with E-state index in [1.165, 1.54) is 0 Å². The van der Waals surface area contributed by atoms with Gasteiger partial charge in [0.25, 0.3) is 0 Å². The summed E-state index contributed by atoms with van der Waals surface area (Å²) in [6.45, 7) is 0. The number of hydrogen-bond donors (Lipinski definition) is 6. The maximum absolute atomic E-state index is 5.63. The summed E-state index contributed by atoms with van der Waals surface area (Å²) >= 11 is 0. The summed E-state index contributed by atoms with van der Waals surface area (Å²) in [7, 11) is 0. The van der Waals surface area contributed by atoms with Crippen molar-refractivity contribution in [1.29, 1.82) is 0 Å². The van der Waals surface area contributed by atoms with Crippen molar-refractivity contribution in [1.82, 2.24) is 29.9 Å². The summed E-state index contributed by atoms with van der Waals surface area (Å²) in [6, 6.07) is 21.0. The Kier molecular flexibility index (Phi) is 11.4. The number of nitrogens with two attached hydrogens (primary N) is 6. The molecule has 0 spiro atoms. The van der Waals surface area contributed by atoms with Gasteiger partial charge in [0.05, 0.1) is 34.2 Å². The van der Waals surface area contributed by atoms with E-state index in [2.05, 4.69) is 29.9 Å². The molecule has 6 aromatic heterocycles. The van der Waals surface area contributed by atoms with Gasteiger partial charge in [-0.05, 0) is 72.8 Å². The molecule has 0 unspecified atom stereocenters. The first-order chi connectivity index (χ1) is 20.3. The van der Waals surface area contributed by atoms with E-state index >= 15 is 0 Å². The average Bonchev–Trinajstić information content (AvgIpc) is 2.98. The molecule has 0 aliphatic rings. The molecule has 6 heterocycles. The Hall–Kier alpha value is -5.68. The third kappa shape index (κ3) is 9.73. The van der Waals surface area contributed by atoms with Crippen LogP contribution in [0.4, 0.5) is 34.1 Å². The minimum atomic E-state index is 0. The molecule has 0 radical (unpaired) electrons. The molecule has 13 heteroatoms. The summed E-state index contributed by atoms with van der Waals surface area (Å²) < 4.78 is 0. The van der Waals surface area contributed by atoms with Crippen LogP contribution in [0.2, 0.25) is 0 Å². The molecular formula is C30H30N12Ru. The Morgan fingerprint density at radius 3 is 0.535 bits per heavy atom. The van der Waals surface area contributed by atoms with E-state index in [-0.39, 0.29) is 19.5 Å². The normalized spacial score (nSPS) is 9.77. The summed E-state index contributed by atoms with van der Waals surface area (Å²) in [6.07, 6.45) is 9.89. The molecule has 0 fully saturated rings. The number of aromatic nitrogens is 6. The second-order valence-electron chi connectivity index (χ2n) is 8.85. The first-order valence-corrected chi connectivity index (χ1v) is 12.6. The summed E-state index contributed by atoms with van der Waals surface area (Å²) in [5, 5.41) is 0. The van der Waals surface area contributed by atoms with E-state index in [0.29, 0.717) is 34.1 Å². The Balaban J connectivity index is 0.000000175. The van der Waals surface area contributed by atoms with E-state index in [4.69, 9.17) is 34.4 Å². The van der Waals surface area contributed by atoms with Gasteiger partial charge in [0.2, 0.25) is 0 Å². The van der Waals surface area contributed by atoms with E-state index in [9.17, 15) is 0 Å². The van der Waals surface area contributed by atoms with Crippen molar-refractivity contribution >= 4 is 34.1 Å². The maximum Gasteiger partial charge on any atom is 0.0907 e. The van der Waals surface area contributed by atoms with Crippen molar-refractivity contribution < 1.29 is 19.5 Å². The SMILES string of the molecule is Nc1ccnc(-c2cc(N)ccn2)c1.Nc1ccnc(-c2cc(N)ccn2)c1.Nc1ccnc(-c2cc(N)ccn2)c1.[Ru]. The van der Waals surface area contributed by atoms with Crippen LogP contribution in [-0.4, -0.2) is 29.9 Å². The molecule has 0 atom stereocenters. The van der Waals surface area contributed by atoms with Crippen LogP contribution in [0.3, 0.4) is 0 Å². The van der Waals surface area contributed by atoms with Gasteiger partial charge >= 0.3 is 0 Å². The van der Waals surface area contributed by atoms with Gasteiger partial charge in [-0.3, -0.25) is 29.9 Å². The van der Waals surface area contributed by atoms with E-state index in [1.807, 2.05) is 0 Å². The molecular weight excluding hydrogens is 629 g/mol. The van der Waals surface area contributed by atoms with Crippen LogP contribution < -0.4 is 34.4 Å². The predicted octanol–water partition coefficient (Wildman–Crippen LogP) is 3.92. The molecule has 0 bridgehead atoms. The van der Waals surface area contributed by atoms with Crippen LogP contribution in [0.15, 0.2) is 110 Å². The largest absolute Gasteiger partial charge is 0.399 e. The number of anilines is 6. The third-order valence-corrected chi connectivity index (χ3v) is 5.49. The fraction of sp³-hybridized carbons (Fsp3) is 0. The first-order valence-electron chi connectivity index (χ1n) is 12.6. The van der Waals surface area contributed by atoms with Gasteiger partial charge in [-0.2, -0.15) is 0 Å². The van der Waals surface area contributed by atoms with Crippen LogP contribution >= 0.6 is 0 Å². The first kappa shape index (κ1) is 31.8. The smallest absolute Gasteiger partial charge is 0.0907 e. The summed E-state index contributed by atoms with van der Waals surface area (Å²) in [5.74, 6) is 0. The zero-order chi connectivity index (χ0) is 29.9. The van der Waals surface area contributed by atoms with Gasteiger partial charge in [0.15, 0.2) is 0 Å². The second-order valence-corrected chi connectivity index (χ2v) is 8.85. The molecule has 12 N–H and O–H groups in total. The molecule has 6 rings (SSSR count). The maximum atomic E-state index is 5.63. The summed E-state index contributed by atoms with van der Waals surface area (Å²) in [5.41, 5.74) is 42.2. The molecule has 43 heavy (non-hydrogen) atoms. The van der Waals surface area contributed by atoms with E-state index in [1.54, 1.807) is 110 Å². The van der Waals surface area contributed by atoms with Crippen LogP contribution in [0.1, 0.15) is 0 Å². The number of pyridine rings is 6. The zero-order valence-electron chi connectivity index (χ0n) is 22.9. The van der Waals surface area contributed by atoms with Crippen molar-refractivity contribution in [3.8, 4) is 34.2 Å². The number of rotatable bonds is 3. The quantitative estimate of drug-likeness (QED) is 0.148. The van der Waals surface area contributed by atoms with Crippen molar-refractivity contribution in [3.63, 3.8) is 0 Å². The molecule has 12 nitrogen and oxygen atoms in total. The molecule has 0 aliphatic carbocycles. The van der Waals surface area contributed by atoms with Crippen molar-refractivity contribution in [2.45, 2.75) is 0 Å². The van der Waals surface area contributed by atoms with Crippen molar-refractivity contribution in [2.75, 3.05) is 34.4 Å². The number of nitrogen functional groups attached to an aromatic ring is 6. The fourth-order valence-electron chi connectivity index (χ4n) is 3.52. The van der Waals surface area contributed by atoms with Gasteiger partial charge < -0.3 is 34.4 Å². The molecule has 0 aliphatic heterocycles. The van der Waals surface area contributed by atoms with Gasteiger partial charge in [0, 0.05) is 90.8 Å². The molecule has 0 saturated heterocycles. The standard InChI is InChI=1S/3C10H10N4.Ru/c3*11-7-1-3-13-9(5-7)10-6-8(12)2-4-14-10;/h3*1-6H,(H2,11,13)(H2,12,14);. The number of nitrogens with zero attached hydrogens (tertiary/aromatic N) is 6. The Morgan fingerprint density at radius 2 is 0.419 bits per heavy atom. The van der Waals surface area contributed by atoms with Crippen molar-refractivity contribution in [3.05, 3.63) is 110 Å². The van der Waals surface area contributed by atoms with Crippen LogP contribution in [0, 0.1) is 0 Å². The molecule has 218 valence electrons. The third-order valence-electron chi connectivity index (χ3n) is 5.49. The monoisotopic (exact) mass is 660 g/mol. The zero-order valence-corrected chi connectivity index (χ0v) is 24.6. The fourth-order valence-corrected chi connectivity index (χ4v) is 3.52. The molecule has 0 saturated carbocycles. The summed E-state index contributed by atoms with van der Waals surface area (Å²) in [4.78, 5) is 24.9. The van der Waals surface area contributed by atoms with Crippen LogP contribution in [-0.2, 0) is 19.5 Å². The Morgan fingerprint density at radius 1 is 0.279 bits per heavy atom. The minimum absolute atomic E-state index is 0. The molecule has 0 aromatic carbocycles. The van der Waals surface area contributed by atoms with E-state index in [0.717, 1.165) is 34.2 Å². The van der Waals surface area contributed by atoms with E-state index < -0.39 is 0 Å². The van der Waals surface area contributed by atoms with Gasteiger partial charge in [0.1, 0.15) is 0 Å². The second kappa shape index (κ2) is 15.4. The minimum Gasteiger partial charge on any atom is -0.399 e. The van der Waals surface area contributed by atoms with Gasteiger partial charge in [-0.25, -0.2) is 0 Å².